The summed E-state index contributed by atoms with van der Waals surface area (Å²) >= 11 is 0. The lowest BCUT2D eigenvalue weighted by Gasteiger charge is -2.25. The number of unbranched alkanes of at least 4 members (excludes halogenated alkanes) is 67. The standard InChI is InChI=1S/C94H179NO8/c1-6-8-10-12-14-16-18-20-22-24-26-28-30-32-34-36-38-40-42-44-46-48-50-52-54-56-58-60-62-64-66-68-70-72-74-76-78-80-82-84-91(96)101-88-90(89-102-94(93(98)99)100-87-86-95(3,4)5)103-92(97)85-83-81-79-77-75-73-71-69-67-65-63-61-59-57-55-53-51-49-47-45-43-41-39-37-35-33-31-29-27-25-23-21-19-17-15-13-11-9-7-2/h19,21,25,27,31,33,90,94H,6-18,20,22-24,26,28-30,32,34-89H2,1-5H3/p+1/b21-19-,27-25-,33-31-. The quantitative estimate of drug-likeness (QED) is 0.0211. The molecule has 0 aliphatic rings. The van der Waals surface area contributed by atoms with Gasteiger partial charge in [-0.3, -0.25) is 9.59 Å². The van der Waals surface area contributed by atoms with Crippen LogP contribution in [0.3, 0.4) is 0 Å². The van der Waals surface area contributed by atoms with E-state index in [1.54, 1.807) is 0 Å². The van der Waals surface area contributed by atoms with Gasteiger partial charge >= 0.3 is 17.9 Å². The fourth-order valence-corrected chi connectivity index (χ4v) is 14.4. The number of carboxylic acid groups (broad SMARTS) is 1. The number of esters is 2. The fourth-order valence-electron chi connectivity index (χ4n) is 14.4. The first-order valence-electron chi connectivity index (χ1n) is 46.2. The SMILES string of the molecule is CCCCCCC/C=C\C/C=C\C/C=C\CCCCCCCCCCCCCCCCCCCCCCCCCCC(=O)OC(COC(=O)CCCCCCCCCCCCCCCCCCCCCCCCCCCCCCCCCCCCCCCCC)COC(OCC[N+](C)(C)C)C(=O)O. The normalized spacial score (nSPS) is 12.7. The highest BCUT2D eigenvalue weighted by Crippen LogP contribution is 2.22. The van der Waals surface area contributed by atoms with Crippen molar-refractivity contribution in [3.63, 3.8) is 0 Å². The van der Waals surface area contributed by atoms with Gasteiger partial charge in [-0.1, -0.05) is 461 Å². The molecule has 608 valence electrons. The molecule has 2 unspecified atom stereocenters. The van der Waals surface area contributed by atoms with Crippen LogP contribution in [0.15, 0.2) is 36.5 Å². The molecule has 9 heteroatoms. The lowest BCUT2D eigenvalue weighted by molar-refractivity contribution is -0.870. The van der Waals surface area contributed by atoms with Crippen molar-refractivity contribution >= 4 is 17.9 Å². The average Bonchev–Trinajstić information content (AvgIpc) is 0.985. The van der Waals surface area contributed by atoms with Crippen LogP contribution in [0, 0.1) is 0 Å². The van der Waals surface area contributed by atoms with E-state index in [2.05, 4.69) is 50.3 Å². The fraction of sp³-hybridized carbons (Fsp3) is 0.904. The first-order valence-corrected chi connectivity index (χ1v) is 46.2. The van der Waals surface area contributed by atoms with Crippen LogP contribution in [0.5, 0.6) is 0 Å². The van der Waals surface area contributed by atoms with Gasteiger partial charge in [-0.2, -0.15) is 0 Å². The monoisotopic (exact) mass is 1450 g/mol. The summed E-state index contributed by atoms with van der Waals surface area (Å²) in [6.07, 6.45) is 109. The third-order valence-corrected chi connectivity index (χ3v) is 21.4. The van der Waals surface area contributed by atoms with Crippen molar-refractivity contribution in [3.05, 3.63) is 36.5 Å². The van der Waals surface area contributed by atoms with Gasteiger partial charge in [0.15, 0.2) is 6.10 Å². The predicted octanol–water partition coefficient (Wildman–Crippen LogP) is 30.2. The lowest BCUT2D eigenvalue weighted by atomic mass is 10.0. The summed E-state index contributed by atoms with van der Waals surface area (Å²) in [4.78, 5) is 37.8. The molecule has 0 fully saturated rings. The number of carbonyl (C=O) groups excluding carboxylic acids is 2. The van der Waals surface area contributed by atoms with Gasteiger partial charge in [-0.05, 0) is 51.4 Å². The molecule has 0 rings (SSSR count). The number of carbonyl (C=O) groups is 3. The van der Waals surface area contributed by atoms with Crippen LogP contribution < -0.4 is 0 Å². The van der Waals surface area contributed by atoms with Gasteiger partial charge in [0.25, 0.3) is 6.29 Å². The second-order valence-electron chi connectivity index (χ2n) is 33.0. The molecule has 0 saturated heterocycles. The Labute approximate surface area is 642 Å². The summed E-state index contributed by atoms with van der Waals surface area (Å²) in [7, 11) is 6.01. The number of ether oxygens (including phenoxy) is 4. The van der Waals surface area contributed by atoms with Crippen molar-refractivity contribution in [2.24, 2.45) is 0 Å². The molecule has 0 saturated carbocycles. The Morgan fingerprint density at radius 3 is 0.777 bits per heavy atom. The van der Waals surface area contributed by atoms with Crippen molar-refractivity contribution in [3.8, 4) is 0 Å². The van der Waals surface area contributed by atoms with Gasteiger partial charge < -0.3 is 28.5 Å². The van der Waals surface area contributed by atoms with Crippen LogP contribution in [-0.2, 0) is 33.3 Å². The summed E-state index contributed by atoms with van der Waals surface area (Å²) in [5, 5.41) is 9.80. The van der Waals surface area contributed by atoms with Gasteiger partial charge in [0, 0.05) is 12.8 Å². The average molecular weight is 1450 g/mol. The largest absolute Gasteiger partial charge is 0.477 e. The summed E-state index contributed by atoms with van der Waals surface area (Å²) in [6, 6.07) is 0. The molecular formula is C94H180NO8+. The summed E-state index contributed by atoms with van der Waals surface area (Å²) in [5.41, 5.74) is 0. The number of nitrogens with zero attached hydrogens (tertiary/aromatic N) is 1. The highest BCUT2D eigenvalue weighted by molar-refractivity contribution is 5.71. The Balaban J connectivity index is 3.88. The van der Waals surface area contributed by atoms with Crippen LogP contribution in [0.2, 0.25) is 0 Å². The molecule has 0 aliphatic carbocycles. The number of rotatable bonds is 88. The Morgan fingerprint density at radius 2 is 0.524 bits per heavy atom. The topological polar surface area (TPSA) is 108 Å². The van der Waals surface area contributed by atoms with Gasteiger partial charge in [0.2, 0.25) is 0 Å². The Kier molecular flexibility index (Phi) is 83.1. The number of quaternary nitrogens is 1. The maximum Gasteiger partial charge on any atom is 0.361 e. The van der Waals surface area contributed by atoms with E-state index in [1.807, 2.05) is 21.1 Å². The van der Waals surface area contributed by atoms with Crippen LogP contribution >= 0.6 is 0 Å². The zero-order chi connectivity index (χ0) is 74.6. The molecule has 9 nitrogen and oxygen atoms in total. The van der Waals surface area contributed by atoms with Crippen molar-refractivity contribution in [1.82, 2.24) is 0 Å². The van der Waals surface area contributed by atoms with E-state index >= 15 is 0 Å². The Hall–Kier alpha value is -2.49. The molecule has 1 N–H and O–H groups in total. The molecule has 0 heterocycles. The number of hydrogen-bond acceptors (Lipinski definition) is 7. The number of allylic oxidation sites excluding steroid dienone is 6. The molecule has 0 amide bonds. The third-order valence-electron chi connectivity index (χ3n) is 21.4. The number of aliphatic carboxylic acids is 1. The number of likely N-dealkylation sites (N-methyl/N-ethyl adjacent to an activating group) is 1. The third kappa shape index (κ3) is 86.6. The van der Waals surface area contributed by atoms with E-state index in [0.717, 1.165) is 51.4 Å². The summed E-state index contributed by atoms with van der Waals surface area (Å²) in [5.74, 6) is -1.96. The van der Waals surface area contributed by atoms with Crippen molar-refractivity contribution < 1.29 is 42.9 Å². The number of hydrogen-bond donors (Lipinski definition) is 1. The van der Waals surface area contributed by atoms with E-state index in [4.69, 9.17) is 18.9 Å². The van der Waals surface area contributed by atoms with Crippen LogP contribution in [0.4, 0.5) is 0 Å². The Morgan fingerprint density at radius 1 is 0.291 bits per heavy atom. The van der Waals surface area contributed by atoms with Crippen LogP contribution in [0.1, 0.15) is 489 Å². The van der Waals surface area contributed by atoms with Crippen molar-refractivity contribution in [2.45, 2.75) is 501 Å². The minimum absolute atomic E-state index is 0.174. The first kappa shape index (κ1) is 101. The molecule has 0 aromatic heterocycles. The van der Waals surface area contributed by atoms with E-state index < -0.39 is 18.4 Å². The highest BCUT2D eigenvalue weighted by Gasteiger charge is 2.25. The molecule has 0 aromatic carbocycles. The molecule has 0 bridgehead atoms. The molecule has 103 heavy (non-hydrogen) atoms. The van der Waals surface area contributed by atoms with E-state index in [0.29, 0.717) is 17.4 Å². The maximum absolute atomic E-state index is 13.0. The smallest absolute Gasteiger partial charge is 0.361 e. The molecule has 0 radical (unpaired) electrons. The van der Waals surface area contributed by atoms with Gasteiger partial charge in [-0.25, -0.2) is 4.79 Å². The van der Waals surface area contributed by atoms with Gasteiger partial charge in [0.1, 0.15) is 13.2 Å². The van der Waals surface area contributed by atoms with Crippen molar-refractivity contribution in [1.29, 1.82) is 0 Å². The first-order chi connectivity index (χ1) is 50.6. The second-order valence-corrected chi connectivity index (χ2v) is 33.0. The van der Waals surface area contributed by atoms with Gasteiger partial charge in [-0.15, -0.1) is 0 Å². The molecule has 0 spiro atoms. The second kappa shape index (κ2) is 85.1. The van der Waals surface area contributed by atoms with E-state index in [1.165, 1.54) is 411 Å². The van der Waals surface area contributed by atoms with Crippen molar-refractivity contribution in [2.75, 3.05) is 47.5 Å². The summed E-state index contributed by atoms with van der Waals surface area (Å²) in [6.45, 7) is 4.96. The van der Waals surface area contributed by atoms with E-state index in [9.17, 15) is 19.5 Å². The minimum Gasteiger partial charge on any atom is -0.477 e. The molecule has 2 atom stereocenters. The number of carboxylic acids is 1. The zero-order valence-corrected chi connectivity index (χ0v) is 70.0. The maximum atomic E-state index is 13.0. The van der Waals surface area contributed by atoms with Gasteiger partial charge in [0.05, 0.1) is 34.4 Å². The molecular weight excluding hydrogens is 1270 g/mol. The summed E-state index contributed by atoms with van der Waals surface area (Å²) < 4.78 is 23.1. The zero-order valence-electron chi connectivity index (χ0n) is 70.0. The minimum atomic E-state index is -1.51. The van der Waals surface area contributed by atoms with Crippen LogP contribution in [-0.4, -0.2) is 87.4 Å². The lowest BCUT2D eigenvalue weighted by Crippen LogP contribution is -2.40. The van der Waals surface area contributed by atoms with E-state index in [-0.39, 0.29) is 38.2 Å². The highest BCUT2D eigenvalue weighted by atomic mass is 16.7. The Bertz CT molecular complexity index is 1790. The molecule has 0 aliphatic heterocycles. The molecule has 0 aromatic rings. The predicted molar refractivity (Wildman–Crippen MR) is 447 cm³/mol. The van der Waals surface area contributed by atoms with Crippen LogP contribution in [0.25, 0.3) is 0 Å².